The van der Waals surface area contributed by atoms with Crippen LogP contribution in [0.5, 0.6) is 5.75 Å². The molecule has 2 heterocycles. The fraction of sp³-hybridized carbons (Fsp3) is 0.588. The Morgan fingerprint density at radius 1 is 1.23 bits per heavy atom. The number of hydrogen-bond acceptors (Lipinski definition) is 5. The van der Waals surface area contributed by atoms with Gasteiger partial charge in [0.25, 0.3) is 5.91 Å². The molecule has 1 aromatic carbocycles. The van der Waals surface area contributed by atoms with Gasteiger partial charge in [-0.3, -0.25) is 4.79 Å². The third-order valence-electron chi connectivity index (χ3n) is 5.67. The fourth-order valence-electron chi connectivity index (χ4n) is 4.47. The van der Waals surface area contributed by atoms with Gasteiger partial charge in [0, 0.05) is 19.6 Å². The third kappa shape index (κ3) is 3.03. The highest BCUT2D eigenvalue weighted by molar-refractivity contribution is 7.92. The van der Waals surface area contributed by atoms with Crippen LogP contribution in [0.25, 0.3) is 0 Å². The summed E-state index contributed by atoms with van der Waals surface area (Å²) in [5.41, 5.74) is 0.619. The highest BCUT2D eigenvalue weighted by atomic mass is 32.2. The van der Waals surface area contributed by atoms with E-state index in [2.05, 4.69) is 4.90 Å². The zero-order valence-corrected chi connectivity index (χ0v) is 15.2. The van der Waals surface area contributed by atoms with Crippen LogP contribution >= 0.6 is 0 Å². The molecule has 26 heavy (non-hydrogen) atoms. The Bertz CT molecular complexity index is 821. The molecule has 3 aliphatic rings. The van der Waals surface area contributed by atoms with Crippen molar-refractivity contribution in [1.82, 2.24) is 9.62 Å². The maximum atomic E-state index is 14.5. The Morgan fingerprint density at radius 3 is 2.50 bits per heavy atom. The van der Waals surface area contributed by atoms with Crippen LogP contribution in [0, 0.1) is 11.2 Å². The van der Waals surface area contributed by atoms with Crippen molar-refractivity contribution < 1.29 is 22.7 Å². The minimum absolute atomic E-state index is 0.476. The highest BCUT2D eigenvalue weighted by Gasteiger charge is 2.44. The van der Waals surface area contributed by atoms with E-state index in [1.54, 1.807) is 4.72 Å². The van der Waals surface area contributed by atoms with E-state index in [0.29, 0.717) is 21.7 Å². The van der Waals surface area contributed by atoms with E-state index in [4.69, 9.17) is 0 Å². The van der Waals surface area contributed by atoms with E-state index < -0.39 is 39.9 Å². The lowest BCUT2D eigenvalue weighted by molar-refractivity contribution is -0.117. The zero-order chi connectivity index (χ0) is 18.5. The van der Waals surface area contributed by atoms with E-state index in [-0.39, 0.29) is 0 Å². The van der Waals surface area contributed by atoms with Crippen LogP contribution in [0.15, 0.2) is 12.1 Å². The normalized spacial score (nSPS) is 24.0. The molecule has 0 bridgehead atoms. The smallest absolute Gasteiger partial charge is 0.326 e. The molecule has 2 saturated heterocycles. The first-order valence-electron chi connectivity index (χ1n) is 8.85. The van der Waals surface area contributed by atoms with E-state index >= 15 is 0 Å². The van der Waals surface area contributed by atoms with Crippen molar-refractivity contribution in [2.45, 2.75) is 32.1 Å². The van der Waals surface area contributed by atoms with Gasteiger partial charge < -0.3 is 10.0 Å². The van der Waals surface area contributed by atoms with Crippen LogP contribution in [0.3, 0.4) is 0 Å². The van der Waals surface area contributed by atoms with Crippen LogP contribution < -0.4 is 9.03 Å². The molecule has 142 valence electrons. The van der Waals surface area contributed by atoms with Crippen molar-refractivity contribution in [3.8, 4) is 5.75 Å². The number of carbonyl (C=O) groups is 1. The molecule has 0 unspecified atom stereocenters. The van der Waals surface area contributed by atoms with Gasteiger partial charge in [-0.05, 0) is 42.4 Å². The van der Waals surface area contributed by atoms with Crippen LogP contribution in [0.4, 0.5) is 10.1 Å². The predicted octanol–water partition coefficient (Wildman–Crippen LogP) is 1.13. The Kier molecular flexibility index (Phi) is 4.11. The number of hydrogen-bond donors (Lipinski definition) is 2. The second kappa shape index (κ2) is 6.09. The summed E-state index contributed by atoms with van der Waals surface area (Å²) in [7, 11) is -4.16. The first-order valence-corrected chi connectivity index (χ1v) is 10.3. The fourth-order valence-corrected chi connectivity index (χ4v) is 5.64. The van der Waals surface area contributed by atoms with E-state index in [1.807, 2.05) is 0 Å². The zero-order valence-electron chi connectivity index (χ0n) is 14.4. The topological polar surface area (TPSA) is 90.0 Å². The Hall–Kier alpha value is -1.87. The molecule has 3 fully saturated rings. The number of aromatic hydroxyl groups is 1. The van der Waals surface area contributed by atoms with Gasteiger partial charge in [-0.1, -0.05) is 12.8 Å². The number of halogens is 1. The van der Waals surface area contributed by atoms with Gasteiger partial charge in [-0.2, -0.15) is 8.42 Å². The lowest BCUT2D eigenvalue weighted by atomic mass is 9.78. The van der Waals surface area contributed by atoms with Gasteiger partial charge in [-0.25, -0.2) is 13.4 Å². The number of likely N-dealkylation sites (tertiary alicyclic amines) is 1. The quantitative estimate of drug-likeness (QED) is 0.814. The van der Waals surface area contributed by atoms with E-state index in [1.165, 1.54) is 37.8 Å². The molecular formula is C17H22FN3O4S. The maximum absolute atomic E-state index is 14.5. The number of phenolic OH excluding ortho intramolecular Hbond substituents is 1. The second-order valence-electron chi connectivity index (χ2n) is 7.65. The SMILES string of the molecule is O=C1CN(c2c(O)cc(CCN3CC4(CCCC4)C3)cc2F)S(=O)(=O)N1. The van der Waals surface area contributed by atoms with Gasteiger partial charge in [0.1, 0.15) is 18.0 Å². The minimum atomic E-state index is -4.16. The first kappa shape index (κ1) is 17.5. The number of phenols is 1. The molecule has 1 aliphatic carbocycles. The third-order valence-corrected chi connectivity index (χ3v) is 7.05. The molecule has 0 aromatic heterocycles. The Balaban J connectivity index is 1.44. The monoisotopic (exact) mass is 383 g/mol. The molecule has 1 aromatic rings. The lowest BCUT2D eigenvalue weighted by Gasteiger charge is -2.48. The van der Waals surface area contributed by atoms with E-state index in [9.17, 15) is 22.7 Å². The van der Waals surface area contributed by atoms with Gasteiger partial charge in [0.2, 0.25) is 0 Å². The highest BCUT2D eigenvalue weighted by Crippen LogP contribution is 2.45. The van der Waals surface area contributed by atoms with Gasteiger partial charge in [0.05, 0.1) is 0 Å². The van der Waals surface area contributed by atoms with Crippen LogP contribution in [0.2, 0.25) is 0 Å². The number of amides is 1. The molecule has 0 atom stereocenters. The molecule has 7 nitrogen and oxygen atoms in total. The number of nitrogens with one attached hydrogen (secondary N) is 1. The van der Waals surface area contributed by atoms with Gasteiger partial charge in [-0.15, -0.1) is 0 Å². The standard InChI is InChI=1S/C17H22FN3O4S/c18-13-7-12(3-6-20-10-17(11-20)4-1-2-5-17)8-14(22)16(13)21-9-15(23)19-26(21,24)25/h7-8,22H,1-6,9-11H2,(H,19,23). The van der Waals surface area contributed by atoms with Crippen molar-refractivity contribution in [2.24, 2.45) is 5.41 Å². The summed E-state index contributed by atoms with van der Waals surface area (Å²) in [6.45, 7) is 2.41. The molecule has 2 N–H and O–H groups in total. The average molecular weight is 383 g/mol. The second-order valence-corrected chi connectivity index (χ2v) is 9.25. The summed E-state index contributed by atoms with van der Waals surface area (Å²) in [5.74, 6) is -2.08. The van der Waals surface area contributed by atoms with Crippen LogP contribution in [-0.4, -0.2) is 50.5 Å². The number of benzene rings is 1. The van der Waals surface area contributed by atoms with Crippen LogP contribution in [0.1, 0.15) is 31.2 Å². The molecule has 1 spiro atoms. The molecule has 9 heteroatoms. The van der Waals surface area contributed by atoms with E-state index in [0.717, 1.165) is 19.6 Å². The molecule has 0 radical (unpaired) electrons. The summed E-state index contributed by atoms with van der Waals surface area (Å²) in [5, 5.41) is 10.2. The van der Waals surface area contributed by atoms with Gasteiger partial charge >= 0.3 is 10.2 Å². The molecule has 1 saturated carbocycles. The summed E-state index contributed by atoms with van der Waals surface area (Å²) in [6, 6.07) is 2.61. The number of rotatable bonds is 4. The Labute approximate surface area is 152 Å². The molecule has 1 amide bonds. The van der Waals surface area contributed by atoms with Crippen molar-refractivity contribution in [2.75, 3.05) is 30.5 Å². The molecule has 4 rings (SSSR count). The predicted molar refractivity (Wildman–Crippen MR) is 93.5 cm³/mol. The van der Waals surface area contributed by atoms with Gasteiger partial charge in [0.15, 0.2) is 5.82 Å². The first-order chi connectivity index (χ1) is 12.3. The van der Waals surface area contributed by atoms with Crippen molar-refractivity contribution in [3.05, 3.63) is 23.5 Å². The number of nitrogens with zero attached hydrogens (tertiary/aromatic N) is 2. The lowest BCUT2D eigenvalue weighted by Crippen LogP contribution is -2.55. The van der Waals surface area contributed by atoms with Crippen molar-refractivity contribution in [3.63, 3.8) is 0 Å². The minimum Gasteiger partial charge on any atom is -0.506 e. The molecule has 2 aliphatic heterocycles. The Morgan fingerprint density at radius 2 is 1.92 bits per heavy atom. The average Bonchev–Trinajstić information content (AvgIpc) is 3.08. The summed E-state index contributed by atoms with van der Waals surface area (Å²) in [6.07, 6.45) is 5.79. The summed E-state index contributed by atoms with van der Waals surface area (Å²) in [4.78, 5) is 13.6. The van der Waals surface area contributed by atoms with Crippen LogP contribution in [-0.2, 0) is 21.4 Å². The largest absolute Gasteiger partial charge is 0.506 e. The summed E-state index contributed by atoms with van der Waals surface area (Å²) >= 11 is 0. The summed E-state index contributed by atoms with van der Waals surface area (Å²) < 4.78 is 40.5. The van der Waals surface area contributed by atoms with Crippen molar-refractivity contribution in [1.29, 1.82) is 0 Å². The maximum Gasteiger partial charge on any atom is 0.326 e. The van der Waals surface area contributed by atoms with Crippen molar-refractivity contribution >= 4 is 21.8 Å². The number of carbonyl (C=O) groups excluding carboxylic acids is 1. The number of anilines is 1. The molecular weight excluding hydrogens is 361 g/mol.